The van der Waals surface area contributed by atoms with Gasteiger partial charge in [-0.1, -0.05) is 24.9 Å². The van der Waals surface area contributed by atoms with Crippen molar-refractivity contribution < 1.29 is 9.32 Å². The highest BCUT2D eigenvalue weighted by Gasteiger charge is 2.13. The van der Waals surface area contributed by atoms with Gasteiger partial charge in [-0.05, 0) is 25.3 Å². The maximum atomic E-state index is 10.8. The maximum Gasteiger partial charge on any atom is 0.290 e. The third-order valence-corrected chi connectivity index (χ3v) is 2.73. The molecule has 1 atom stereocenters. The molecule has 1 amide bonds. The number of aromatic nitrogens is 2. The molecular formula is C11H20N4O2. The molecule has 0 aliphatic carbocycles. The Morgan fingerprint density at radius 1 is 1.41 bits per heavy atom. The first-order chi connectivity index (χ1) is 8.17. The number of nitrogens with zero attached hydrogens (tertiary/aromatic N) is 2. The third-order valence-electron chi connectivity index (χ3n) is 2.73. The van der Waals surface area contributed by atoms with Gasteiger partial charge in [-0.2, -0.15) is 4.98 Å². The lowest BCUT2D eigenvalue weighted by Gasteiger charge is -2.13. The van der Waals surface area contributed by atoms with Crippen LogP contribution in [0.25, 0.3) is 0 Å². The number of amides is 1. The van der Waals surface area contributed by atoms with Gasteiger partial charge in [0.2, 0.25) is 5.89 Å². The summed E-state index contributed by atoms with van der Waals surface area (Å²) in [6.45, 7) is 2.85. The number of primary amides is 1. The molecule has 1 unspecified atom stereocenters. The Hall–Kier alpha value is -1.43. The topological polar surface area (TPSA) is 108 Å². The van der Waals surface area contributed by atoms with E-state index in [1.807, 2.05) is 0 Å². The highest BCUT2D eigenvalue weighted by molar-refractivity contribution is 5.88. The van der Waals surface area contributed by atoms with E-state index in [4.69, 9.17) is 16.0 Å². The van der Waals surface area contributed by atoms with Crippen LogP contribution in [0.4, 0.5) is 0 Å². The Kier molecular flexibility index (Phi) is 5.62. The van der Waals surface area contributed by atoms with E-state index in [1.165, 1.54) is 0 Å². The molecule has 4 N–H and O–H groups in total. The Balaban J connectivity index is 2.44. The monoisotopic (exact) mass is 240 g/mol. The zero-order valence-corrected chi connectivity index (χ0v) is 10.2. The molecule has 0 saturated carbocycles. The molecule has 6 heteroatoms. The fourth-order valence-corrected chi connectivity index (χ4v) is 1.86. The van der Waals surface area contributed by atoms with Crippen LogP contribution in [0.3, 0.4) is 0 Å². The molecule has 0 aromatic carbocycles. The third kappa shape index (κ3) is 4.52. The summed E-state index contributed by atoms with van der Waals surface area (Å²) in [5, 5.41) is 3.50. The number of carbonyl (C=O) groups is 1. The van der Waals surface area contributed by atoms with Crippen LogP contribution < -0.4 is 11.5 Å². The highest BCUT2D eigenvalue weighted by atomic mass is 16.5. The molecular weight excluding hydrogens is 220 g/mol. The average molecular weight is 240 g/mol. The van der Waals surface area contributed by atoms with Gasteiger partial charge in [-0.25, -0.2) is 0 Å². The fourth-order valence-electron chi connectivity index (χ4n) is 1.86. The first-order valence-electron chi connectivity index (χ1n) is 5.99. The average Bonchev–Trinajstić information content (AvgIpc) is 2.75. The summed E-state index contributed by atoms with van der Waals surface area (Å²) in [5.74, 6) is 0.337. The SMILES string of the molecule is CCCC(CCN)CCc1nc(C(N)=O)no1. The van der Waals surface area contributed by atoms with Crippen molar-refractivity contribution in [1.29, 1.82) is 0 Å². The van der Waals surface area contributed by atoms with Crippen molar-refractivity contribution in [2.75, 3.05) is 6.54 Å². The minimum Gasteiger partial charge on any atom is -0.363 e. The molecule has 0 saturated heterocycles. The second-order valence-corrected chi connectivity index (χ2v) is 4.15. The van der Waals surface area contributed by atoms with Crippen LogP contribution >= 0.6 is 0 Å². The first-order valence-corrected chi connectivity index (χ1v) is 5.99. The summed E-state index contributed by atoms with van der Waals surface area (Å²) in [4.78, 5) is 14.7. The van der Waals surface area contributed by atoms with Crippen molar-refractivity contribution in [3.05, 3.63) is 11.7 Å². The lowest BCUT2D eigenvalue weighted by atomic mass is 9.94. The Labute approximate surface area is 101 Å². The van der Waals surface area contributed by atoms with Gasteiger partial charge in [0.25, 0.3) is 11.7 Å². The van der Waals surface area contributed by atoms with E-state index in [-0.39, 0.29) is 5.82 Å². The molecule has 17 heavy (non-hydrogen) atoms. The molecule has 0 spiro atoms. The highest BCUT2D eigenvalue weighted by Crippen LogP contribution is 2.17. The number of hydrogen-bond acceptors (Lipinski definition) is 5. The van der Waals surface area contributed by atoms with Gasteiger partial charge in [-0.3, -0.25) is 4.79 Å². The molecule has 6 nitrogen and oxygen atoms in total. The van der Waals surface area contributed by atoms with Gasteiger partial charge in [0.15, 0.2) is 0 Å². The van der Waals surface area contributed by atoms with Crippen LogP contribution in [0, 0.1) is 5.92 Å². The molecule has 1 aromatic rings. The Morgan fingerprint density at radius 2 is 2.18 bits per heavy atom. The molecule has 1 rings (SSSR count). The number of hydrogen-bond donors (Lipinski definition) is 2. The standard InChI is InChI=1S/C11H20N4O2/c1-2-3-8(6-7-12)4-5-9-14-11(10(13)16)15-17-9/h8H,2-7,12H2,1H3,(H2,13,16). The number of nitrogens with two attached hydrogens (primary N) is 2. The first kappa shape index (κ1) is 13.6. The second kappa shape index (κ2) is 7.01. The normalized spacial score (nSPS) is 12.6. The molecule has 0 aliphatic heterocycles. The number of rotatable bonds is 8. The molecule has 0 radical (unpaired) electrons. The number of aryl methyl sites for hydroxylation is 1. The minimum absolute atomic E-state index is 0.0501. The zero-order chi connectivity index (χ0) is 12.7. The van der Waals surface area contributed by atoms with Gasteiger partial charge in [0.1, 0.15) is 0 Å². The second-order valence-electron chi connectivity index (χ2n) is 4.15. The van der Waals surface area contributed by atoms with E-state index < -0.39 is 5.91 Å². The van der Waals surface area contributed by atoms with Crippen molar-refractivity contribution in [3.8, 4) is 0 Å². The van der Waals surface area contributed by atoms with Crippen LogP contribution in [0.2, 0.25) is 0 Å². The van der Waals surface area contributed by atoms with Gasteiger partial charge >= 0.3 is 0 Å². The minimum atomic E-state index is -0.660. The van der Waals surface area contributed by atoms with Crippen LogP contribution in [0.5, 0.6) is 0 Å². The smallest absolute Gasteiger partial charge is 0.290 e. The largest absolute Gasteiger partial charge is 0.363 e. The van der Waals surface area contributed by atoms with E-state index in [9.17, 15) is 4.79 Å². The van der Waals surface area contributed by atoms with E-state index in [2.05, 4.69) is 17.1 Å². The van der Waals surface area contributed by atoms with Gasteiger partial charge in [0.05, 0.1) is 0 Å². The lowest BCUT2D eigenvalue weighted by Crippen LogP contribution is -2.13. The lowest BCUT2D eigenvalue weighted by molar-refractivity contribution is 0.0987. The van der Waals surface area contributed by atoms with E-state index in [0.717, 1.165) is 25.7 Å². The molecule has 0 aliphatic rings. The fraction of sp³-hybridized carbons (Fsp3) is 0.727. The summed E-state index contributed by atoms with van der Waals surface area (Å²) >= 11 is 0. The van der Waals surface area contributed by atoms with E-state index in [0.29, 0.717) is 24.8 Å². The summed E-state index contributed by atoms with van der Waals surface area (Å²) in [5.41, 5.74) is 10.6. The molecule has 1 heterocycles. The van der Waals surface area contributed by atoms with Gasteiger partial charge < -0.3 is 16.0 Å². The van der Waals surface area contributed by atoms with Gasteiger partial charge in [0, 0.05) is 6.42 Å². The Morgan fingerprint density at radius 3 is 2.71 bits per heavy atom. The quantitative estimate of drug-likeness (QED) is 0.700. The van der Waals surface area contributed by atoms with Crippen molar-refractivity contribution in [3.63, 3.8) is 0 Å². The van der Waals surface area contributed by atoms with E-state index in [1.54, 1.807) is 0 Å². The predicted molar refractivity (Wildman–Crippen MR) is 63.2 cm³/mol. The van der Waals surface area contributed by atoms with Crippen molar-refractivity contribution in [2.45, 2.75) is 39.0 Å². The summed E-state index contributed by atoms with van der Waals surface area (Å²) in [6, 6.07) is 0. The van der Waals surface area contributed by atoms with Crippen LogP contribution in [0.1, 0.15) is 49.1 Å². The molecule has 0 fully saturated rings. The van der Waals surface area contributed by atoms with E-state index >= 15 is 0 Å². The summed E-state index contributed by atoms with van der Waals surface area (Å²) < 4.78 is 4.94. The summed E-state index contributed by atoms with van der Waals surface area (Å²) in [7, 11) is 0. The maximum absolute atomic E-state index is 10.8. The molecule has 96 valence electrons. The zero-order valence-electron chi connectivity index (χ0n) is 10.2. The van der Waals surface area contributed by atoms with Crippen LogP contribution in [-0.2, 0) is 6.42 Å². The molecule has 1 aromatic heterocycles. The van der Waals surface area contributed by atoms with Crippen molar-refractivity contribution in [2.24, 2.45) is 17.4 Å². The summed E-state index contributed by atoms with van der Waals surface area (Å²) in [6.07, 6.45) is 4.91. The predicted octanol–water partition coefficient (Wildman–Crippen LogP) is 0.866. The van der Waals surface area contributed by atoms with Crippen molar-refractivity contribution >= 4 is 5.91 Å². The van der Waals surface area contributed by atoms with Crippen LogP contribution in [0.15, 0.2) is 4.52 Å². The van der Waals surface area contributed by atoms with Crippen LogP contribution in [-0.4, -0.2) is 22.6 Å². The number of carbonyl (C=O) groups excluding carboxylic acids is 1. The van der Waals surface area contributed by atoms with Crippen molar-refractivity contribution in [1.82, 2.24) is 10.1 Å². The Bertz CT molecular complexity index is 345. The van der Waals surface area contributed by atoms with Gasteiger partial charge in [-0.15, -0.1) is 0 Å². The molecule has 0 bridgehead atoms.